The second kappa shape index (κ2) is 6.22. The summed E-state index contributed by atoms with van der Waals surface area (Å²) in [4.78, 5) is 2.35. The number of hydrogen-bond acceptors (Lipinski definition) is 4. The van der Waals surface area contributed by atoms with Crippen molar-refractivity contribution in [2.75, 3.05) is 20.7 Å². The van der Waals surface area contributed by atoms with Crippen LogP contribution >= 0.6 is 0 Å². The van der Waals surface area contributed by atoms with E-state index in [1.807, 2.05) is 12.1 Å². The highest BCUT2D eigenvalue weighted by atomic mass is 16.5. The van der Waals surface area contributed by atoms with Crippen LogP contribution in [0.15, 0.2) is 24.3 Å². The molecule has 120 valence electrons. The molecule has 3 atom stereocenters. The third kappa shape index (κ3) is 2.48. The number of benzene rings is 1. The molecule has 0 spiro atoms. The van der Waals surface area contributed by atoms with Crippen LogP contribution in [-0.2, 0) is 5.41 Å². The summed E-state index contributed by atoms with van der Waals surface area (Å²) in [6.45, 7) is 1.02. The fourth-order valence-electron chi connectivity index (χ4n) is 4.81. The van der Waals surface area contributed by atoms with Gasteiger partial charge in [-0.05, 0) is 50.6 Å². The molecule has 0 N–H and O–H groups in total. The zero-order valence-corrected chi connectivity index (χ0v) is 13.8. The van der Waals surface area contributed by atoms with Crippen LogP contribution in [-0.4, -0.2) is 31.6 Å². The van der Waals surface area contributed by atoms with Crippen LogP contribution in [0.3, 0.4) is 0 Å². The van der Waals surface area contributed by atoms with Crippen molar-refractivity contribution in [2.24, 2.45) is 11.8 Å². The van der Waals surface area contributed by atoms with Crippen LogP contribution in [0.1, 0.15) is 31.2 Å². The van der Waals surface area contributed by atoms with E-state index in [1.165, 1.54) is 5.56 Å². The molecule has 1 aliphatic carbocycles. The second-order valence-electron chi connectivity index (χ2n) is 6.84. The molecule has 4 heteroatoms. The van der Waals surface area contributed by atoms with Gasteiger partial charge in [0.2, 0.25) is 0 Å². The molecule has 4 nitrogen and oxygen atoms in total. The molecule has 0 amide bonds. The third-order valence-corrected chi connectivity index (χ3v) is 5.93. The molecule has 1 aliphatic heterocycles. The van der Waals surface area contributed by atoms with E-state index in [0.29, 0.717) is 6.04 Å². The monoisotopic (exact) mass is 309 g/mol. The summed E-state index contributed by atoms with van der Waals surface area (Å²) in [5.41, 5.74) is 1.15. The third-order valence-electron chi connectivity index (χ3n) is 5.93. The number of hydrogen-bond donors (Lipinski definition) is 0. The number of nitriles is 2. The molecule has 1 heterocycles. The summed E-state index contributed by atoms with van der Waals surface area (Å²) in [5, 5.41) is 19.1. The molecular weight excluding hydrogens is 286 g/mol. The lowest BCUT2D eigenvalue weighted by Gasteiger charge is -2.56. The van der Waals surface area contributed by atoms with E-state index in [4.69, 9.17) is 4.74 Å². The first-order chi connectivity index (χ1) is 11.2. The van der Waals surface area contributed by atoms with Gasteiger partial charge in [-0.3, -0.25) is 0 Å². The van der Waals surface area contributed by atoms with Crippen LogP contribution in [0.25, 0.3) is 0 Å². The van der Waals surface area contributed by atoms with Crippen molar-refractivity contribution in [3.8, 4) is 17.9 Å². The van der Waals surface area contributed by atoms with Gasteiger partial charge in [-0.25, -0.2) is 0 Å². The minimum Gasteiger partial charge on any atom is -0.497 e. The van der Waals surface area contributed by atoms with Crippen molar-refractivity contribution in [1.29, 1.82) is 10.5 Å². The Morgan fingerprint density at radius 1 is 1.30 bits per heavy atom. The summed E-state index contributed by atoms with van der Waals surface area (Å²) in [6.07, 6.45) is 4.27. The highest BCUT2D eigenvalue weighted by Gasteiger charge is 2.54. The van der Waals surface area contributed by atoms with Crippen LogP contribution in [0.5, 0.6) is 5.75 Å². The number of rotatable bonds is 3. The fourth-order valence-corrected chi connectivity index (χ4v) is 4.81. The SMILES string of the molecule is COc1cccc([C@@]23CCC[C@@H]([C@H]2C(C#N)C#N)N(C)CC3)c1. The number of ether oxygens (including phenoxy) is 1. The standard InChI is InChI=1S/C19H23N3O/c1-22-10-9-19(15-5-3-6-16(11-15)23-2)8-4-7-17(22)18(19)14(12-20)13-21/h3,5-6,11,14,17-18H,4,7-10H2,1-2H3/t17-,18+,19-/m0/s1. The topological polar surface area (TPSA) is 60.0 Å². The number of methoxy groups -OCH3 is 1. The summed E-state index contributed by atoms with van der Waals surface area (Å²) in [5.74, 6) is 0.355. The van der Waals surface area contributed by atoms with Gasteiger partial charge in [0.1, 0.15) is 11.7 Å². The van der Waals surface area contributed by atoms with E-state index in [2.05, 4.69) is 36.2 Å². The maximum Gasteiger partial charge on any atom is 0.138 e. The van der Waals surface area contributed by atoms with E-state index in [-0.39, 0.29) is 11.3 Å². The Balaban J connectivity index is 2.12. The maximum absolute atomic E-state index is 9.57. The van der Waals surface area contributed by atoms with Crippen molar-refractivity contribution in [2.45, 2.75) is 37.1 Å². The Bertz CT molecular complexity index is 645. The Kier molecular flexibility index (Phi) is 4.28. The van der Waals surface area contributed by atoms with Crippen molar-refractivity contribution in [3.63, 3.8) is 0 Å². The van der Waals surface area contributed by atoms with E-state index in [9.17, 15) is 10.5 Å². The van der Waals surface area contributed by atoms with Crippen LogP contribution in [0.4, 0.5) is 0 Å². The molecule has 2 aliphatic rings. The molecule has 2 bridgehead atoms. The van der Waals surface area contributed by atoms with Gasteiger partial charge in [0.25, 0.3) is 0 Å². The van der Waals surface area contributed by atoms with Gasteiger partial charge in [0.05, 0.1) is 19.2 Å². The second-order valence-corrected chi connectivity index (χ2v) is 6.84. The Morgan fingerprint density at radius 3 is 2.78 bits per heavy atom. The fraction of sp³-hybridized carbons (Fsp3) is 0.579. The first kappa shape index (κ1) is 15.8. The maximum atomic E-state index is 9.57. The molecule has 0 radical (unpaired) electrons. The molecule has 1 aromatic rings. The molecule has 0 aromatic heterocycles. The van der Waals surface area contributed by atoms with Gasteiger partial charge >= 0.3 is 0 Å². The van der Waals surface area contributed by atoms with E-state index in [1.54, 1.807) is 7.11 Å². The predicted octanol–water partition coefficient (Wildman–Crippen LogP) is 3.10. The van der Waals surface area contributed by atoms with Gasteiger partial charge in [-0.15, -0.1) is 0 Å². The molecule has 1 saturated carbocycles. The molecule has 0 unspecified atom stereocenters. The smallest absolute Gasteiger partial charge is 0.138 e. The lowest BCUT2D eigenvalue weighted by molar-refractivity contribution is -0.00776. The Morgan fingerprint density at radius 2 is 2.09 bits per heavy atom. The van der Waals surface area contributed by atoms with Crippen LogP contribution in [0.2, 0.25) is 0 Å². The Hall–Kier alpha value is -2.04. The average Bonchev–Trinajstić information content (AvgIpc) is 2.60. The van der Waals surface area contributed by atoms with E-state index in [0.717, 1.165) is 38.0 Å². The first-order valence-electron chi connectivity index (χ1n) is 8.30. The highest BCUT2D eigenvalue weighted by molar-refractivity contribution is 5.37. The van der Waals surface area contributed by atoms with E-state index >= 15 is 0 Å². The van der Waals surface area contributed by atoms with Gasteiger partial charge in [-0.1, -0.05) is 18.6 Å². The van der Waals surface area contributed by atoms with Crippen molar-refractivity contribution in [3.05, 3.63) is 29.8 Å². The van der Waals surface area contributed by atoms with Crippen molar-refractivity contribution < 1.29 is 4.74 Å². The minimum absolute atomic E-state index is 0.0668. The highest BCUT2D eigenvalue weighted by Crippen LogP contribution is 2.53. The number of piperidine rings is 1. The summed E-state index contributed by atoms with van der Waals surface area (Å²) >= 11 is 0. The zero-order chi connectivity index (χ0) is 16.4. The normalized spacial score (nSPS) is 30.5. The molecular formula is C19H23N3O. The lowest BCUT2D eigenvalue weighted by atomic mass is 9.54. The van der Waals surface area contributed by atoms with Crippen molar-refractivity contribution >= 4 is 0 Å². The Labute approximate surface area is 138 Å². The average molecular weight is 309 g/mol. The van der Waals surface area contributed by atoms with Gasteiger partial charge in [0.15, 0.2) is 0 Å². The lowest BCUT2D eigenvalue weighted by Crippen LogP contribution is -2.59. The largest absolute Gasteiger partial charge is 0.497 e. The minimum atomic E-state index is -0.561. The molecule has 2 fully saturated rings. The molecule has 23 heavy (non-hydrogen) atoms. The van der Waals surface area contributed by atoms with Crippen LogP contribution < -0.4 is 4.74 Å². The number of nitrogens with zero attached hydrogens (tertiary/aromatic N) is 3. The predicted molar refractivity (Wildman–Crippen MR) is 87.8 cm³/mol. The number of fused-ring (bicyclic) bond motifs is 2. The summed E-state index contributed by atoms with van der Waals surface area (Å²) in [7, 11) is 3.81. The van der Waals surface area contributed by atoms with E-state index < -0.39 is 5.92 Å². The van der Waals surface area contributed by atoms with Gasteiger partial charge < -0.3 is 9.64 Å². The van der Waals surface area contributed by atoms with Gasteiger partial charge in [-0.2, -0.15) is 10.5 Å². The van der Waals surface area contributed by atoms with Crippen molar-refractivity contribution in [1.82, 2.24) is 4.90 Å². The van der Waals surface area contributed by atoms with Crippen LogP contribution in [0, 0.1) is 34.5 Å². The van der Waals surface area contributed by atoms with Gasteiger partial charge in [0, 0.05) is 17.4 Å². The summed E-state index contributed by atoms with van der Waals surface area (Å²) in [6, 6.07) is 13.1. The quantitative estimate of drug-likeness (QED) is 0.861. The molecule has 3 rings (SSSR count). The molecule has 1 aromatic carbocycles. The summed E-state index contributed by atoms with van der Waals surface area (Å²) < 4.78 is 5.41. The zero-order valence-electron chi connectivity index (χ0n) is 13.8. The molecule has 1 saturated heterocycles. The first-order valence-corrected chi connectivity index (χ1v) is 8.30. The number of likely N-dealkylation sites (tertiary alicyclic amines) is 1.